The summed E-state index contributed by atoms with van der Waals surface area (Å²) in [5.41, 5.74) is 0. The quantitative estimate of drug-likeness (QED) is 0.486. The van der Waals surface area contributed by atoms with E-state index in [2.05, 4.69) is 24.3 Å². The Kier molecular flexibility index (Phi) is 11.2. The molecule has 0 aliphatic heterocycles. The third kappa shape index (κ3) is 5.89. The van der Waals surface area contributed by atoms with Crippen LogP contribution in [0.15, 0.2) is 0 Å². The van der Waals surface area contributed by atoms with Gasteiger partial charge in [0.15, 0.2) is 0 Å². The second-order valence-corrected chi connectivity index (χ2v) is 6.74. The fourth-order valence-corrected chi connectivity index (χ4v) is 4.40. The van der Waals surface area contributed by atoms with Gasteiger partial charge in [0.25, 0.3) is 0 Å². The molecule has 0 bridgehead atoms. The monoisotopic (exact) mass is 402 g/mol. The number of ether oxygens (including phenoxy) is 4. The molecule has 0 aromatic carbocycles. The fraction of sp³-hybridized carbons (Fsp3) is 0.810. The Bertz CT molecular complexity index is 604. The van der Waals surface area contributed by atoms with Gasteiger partial charge >= 0.3 is 0 Å². The van der Waals surface area contributed by atoms with Gasteiger partial charge in [-0.2, -0.15) is 21.0 Å². The summed E-state index contributed by atoms with van der Waals surface area (Å²) in [6, 6.07) is 8.72. The molecule has 1 aliphatic rings. The molecule has 0 radical (unpaired) electrons. The number of nitriles is 4. The van der Waals surface area contributed by atoms with Crippen LogP contribution in [0.5, 0.6) is 0 Å². The molecule has 29 heavy (non-hydrogen) atoms. The van der Waals surface area contributed by atoms with Gasteiger partial charge < -0.3 is 18.9 Å². The van der Waals surface area contributed by atoms with Crippen molar-refractivity contribution in [2.45, 2.75) is 58.5 Å². The molecule has 1 saturated carbocycles. The third-order valence-corrected chi connectivity index (χ3v) is 5.35. The summed E-state index contributed by atoms with van der Waals surface area (Å²) in [5, 5.41) is 39.0. The Labute approximate surface area is 173 Å². The Morgan fingerprint density at radius 1 is 0.586 bits per heavy atom. The van der Waals surface area contributed by atoms with E-state index in [9.17, 15) is 21.0 Å². The Morgan fingerprint density at radius 3 is 1.10 bits per heavy atom. The average molecular weight is 402 g/mol. The Morgan fingerprint density at radius 2 is 0.862 bits per heavy atom. The van der Waals surface area contributed by atoms with Gasteiger partial charge in [-0.1, -0.05) is 0 Å². The van der Waals surface area contributed by atoms with Gasteiger partial charge in [0, 0.05) is 50.1 Å². The minimum atomic E-state index is -0.853. The minimum Gasteiger partial charge on any atom is -0.363 e. The van der Waals surface area contributed by atoms with Crippen LogP contribution >= 0.6 is 0 Å². The first kappa shape index (κ1) is 24.8. The molecule has 1 fully saturated rings. The van der Waals surface area contributed by atoms with Gasteiger partial charge in [-0.15, -0.1) is 0 Å². The third-order valence-electron chi connectivity index (χ3n) is 5.35. The van der Waals surface area contributed by atoms with Crippen molar-refractivity contribution in [3.05, 3.63) is 0 Å². The Hall–Kier alpha value is -2.20. The van der Waals surface area contributed by atoms with Crippen LogP contribution in [0.3, 0.4) is 0 Å². The van der Waals surface area contributed by atoms with Crippen molar-refractivity contribution in [2.24, 2.45) is 23.7 Å². The van der Waals surface area contributed by atoms with Crippen LogP contribution < -0.4 is 0 Å². The summed E-state index contributed by atoms with van der Waals surface area (Å²) in [6.45, 7) is 8.45. The van der Waals surface area contributed by atoms with Crippen molar-refractivity contribution in [3.8, 4) is 24.3 Å². The van der Waals surface area contributed by atoms with Gasteiger partial charge in [0.05, 0.1) is 24.3 Å². The van der Waals surface area contributed by atoms with Crippen molar-refractivity contribution in [2.75, 3.05) is 26.4 Å². The van der Waals surface area contributed by atoms with Gasteiger partial charge in [0.2, 0.25) is 0 Å². The van der Waals surface area contributed by atoms with Crippen LogP contribution in [0.25, 0.3) is 0 Å². The van der Waals surface area contributed by atoms with E-state index >= 15 is 0 Å². The fourth-order valence-electron chi connectivity index (χ4n) is 4.40. The van der Waals surface area contributed by atoms with Crippen LogP contribution in [-0.4, -0.2) is 50.8 Å². The van der Waals surface area contributed by atoms with Crippen LogP contribution in [0, 0.1) is 69.0 Å². The van der Waals surface area contributed by atoms with Gasteiger partial charge in [0.1, 0.15) is 24.4 Å². The van der Waals surface area contributed by atoms with Gasteiger partial charge in [-0.25, -0.2) is 0 Å². The average Bonchev–Trinajstić information content (AvgIpc) is 3.11. The minimum absolute atomic E-state index is 0.309. The second kappa shape index (κ2) is 13.1. The second-order valence-electron chi connectivity index (χ2n) is 6.74. The highest BCUT2D eigenvalue weighted by molar-refractivity contribution is 5.14. The normalized spacial score (nSPS) is 27.6. The van der Waals surface area contributed by atoms with Crippen molar-refractivity contribution in [3.63, 3.8) is 0 Å². The van der Waals surface area contributed by atoms with E-state index in [0.29, 0.717) is 32.8 Å². The molecule has 0 aromatic rings. The number of hydrogen-bond donors (Lipinski definition) is 0. The van der Waals surface area contributed by atoms with Gasteiger partial charge in [-0.05, 0) is 34.1 Å². The van der Waals surface area contributed by atoms with Gasteiger partial charge in [-0.3, -0.25) is 0 Å². The zero-order valence-corrected chi connectivity index (χ0v) is 17.6. The molecule has 0 aromatic heterocycles. The summed E-state index contributed by atoms with van der Waals surface area (Å²) in [5.74, 6) is -1.79. The van der Waals surface area contributed by atoms with E-state index in [4.69, 9.17) is 18.9 Å². The SMILES string of the molecule is CCOC(C#N)[C@@H]1[C@H](C(C#N)OCC)[C@H](C(C#N)OCC)C[C@@H]1C(C#N)OCC. The standard InChI is InChI=1S/C21H30N4O4/c1-5-26-16(10-22)14-9-15(17(11-23)27-6-2)21(19(13-25)29-8-4)20(14)18(12-24)28-7-3/h14-21H,5-9H2,1-4H3/t14-,15+,16?,17?,18?,19?,20-,21+. The van der Waals surface area contributed by atoms with Crippen molar-refractivity contribution >= 4 is 0 Å². The van der Waals surface area contributed by atoms with E-state index in [-0.39, 0.29) is 0 Å². The van der Waals surface area contributed by atoms with E-state index in [1.54, 1.807) is 27.7 Å². The lowest BCUT2D eigenvalue weighted by Gasteiger charge is -2.34. The molecule has 0 N–H and O–H groups in total. The maximum absolute atomic E-state index is 9.79. The number of hydrogen-bond acceptors (Lipinski definition) is 8. The van der Waals surface area contributed by atoms with E-state index < -0.39 is 48.1 Å². The molecule has 0 saturated heterocycles. The predicted molar refractivity (Wildman–Crippen MR) is 103 cm³/mol. The molecule has 1 rings (SSSR count). The first-order valence-electron chi connectivity index (χ1n) is 10.1. The lowest BCUT2D eigenvalue weighted by atomic mass is 9.77. The molecule has 8 heteroatoms. The topological polar surface area (TPSA) is 132 Å². The number of rotatable bonds is 12. The highest BCUT2D eigenvalue weighted by atomic mass is 16.5. The smallest absolute Gasteiger partial charge is 0.147 e. The number of nitrogens with zero attached hydrogens (tertiary/aromatic N) is 4. The highest BCUT2D eigenvalue weighted by Gasteiger charge is 2.56. The van der Waals surface area contributed by atoms with Crippen molar-refractivity contribution in [1.29, 1.82) is 21.0 Å². The summed E-state index contributed by atoms with van der Waals surface area (Å²) in [6.07, 6.45) is -2.86. The van der Waals surface area contributed by atoms with E-state index in [1.807, 2.05) is 0 Å². The summed E-state index contributed by atoms with van der Waals surface area (Å²) >= 11 is 0. The summed E-state index contributed by atoms with van der Waals surface area (Å²) in [4.78, 5) is 0. The first-order valence-corrected chi connectivity index (χ1v) is 10.1. The molecular weight excluding hydrogens is 372 g/mol. The maximum Gasteiger partial charge on any atom is 0.147 e. The van der Waals surface area contributed by atoms with E-state index in [0.717, 1.165) is 0 Å². The molecule has 8 nitrogen and oxygen atoms in total. The summed E-state index contributed by atoms with van der Waals surface area (Å²) < 4.78 is 22.7. The first-order chi connectivity index (χ1) is 14.1. The highest BCUT2D eigenvalue weighted by Crippen LogP contribution is 2.50. The van der Waals surface area contributed by atoms with Crippen molar-refractivity contribution < 1.29 is 18.9 Å². The molecule has 0 spiro atoms. The summed E-state index contributed by atoms with van der Waals surface area (Å²) in [7, 11) is 0. The largest absolute Gasteiger partial charge is 0.363 e. The molecule has 1 aliphatic carbocycles. The lowest BCUT2D eigenvalue weighted by molar-refractivity contribution is -0.0554. The van der Waals surface area contributed by atoms with Crippen molar-refractivity contribution in [1.82, 2.24) is 0 Å². The maximum atomic E-state index is 9.79. The molecule has 0 amide bonds. The molecule has 158 valence electrons. The van der Waals surface area contributed by atoms with Crippen LogP contribution in [0.4, 0.5) is 0 Å². The van der Waals surface area contributed by atoms with E-state index in [1.165, 1.54) is 0 Å². The predicted octanol–water partition coefficient (Wildman–Crippen LogP) is 2.57. The lowest BCUT2D eigenvalue weighted by Crippen LogP contribution is -2.43. The molecule has 4 unspecified atom stereocenters. The van der Waals surface area contributed by atoms with Crippen LogP contribution in [-0.2, 0) is 18.9 Å². The van der Waals surface area contributed by atoms with Crippen LogP contribution in [0.1, 0.15) is 34.1 Å². The zero-order valence-electron chi connectivity index (χ0n) is 17.6. The molecule has 8 atom stereocenters. The molecular formula is C21H30N4O4. The molecule has 0 heterocycles. The Balaban J connectivity index is 3.53. The zero-order chi connectivity index (χ0) is 21.8. The van der Waals surface area contributed by atoms with Crippen LogP contribution in [0.2, 0.25) is 0 Å².